The summed E-state index contributed by atoms with van der Waals surface area (Å²) in [6.07, 6.45) is 2.43. The molecule has 0 radical (unpaired) electrons. The van der Waals surface area contributed by atoms with E-state index in [9.17, 15) is 4.79 Å². The van der Waals surface area contributed by atoms with Crippen molar-refractivity contribution in [3.05, 3.63) is 29.8 Å². The van der Waals surface area contributed by atoms with Gasteiger partial charge in [-0.1, -0.05) is 38.8 Å². The van der Waals surface area contributed by atoms with Crippen LogP contribution < -0.4 is 10.1 Å². The highest BCUT2D eigenvalue weighted by Gasteiger charge is 2.16. The lowest BCUT2D eigenvalue weighted by Gasteiger charge is -2.19. The predicted octanol–water partition coefficient (Wildman–Crippen LogP) is 3.40. The number of alkyl halides is 1. The van der Waals surface area contributed by atoms with Gasteiger partial charge in [-0.15, -0.1) is 11.6 Å². The minimum Gasteiger partial charge on any atom is -0.497 e. The van der Waals surface area contributed by atoms with Crippen LogP contribution in [-0.2, 0) is 11.2 Å². The minimum atomic E-state index is -0.00476. The first-order valence-electron chi connectivity index (χ1n) is 7.14. The molecule has 0 heterocycles. The Labute approximate surface area is 126 Å². The van der Waals surface area contributed by atoms with Crippen LogP contribution in [0.5, 0.6) is 5.75 Å². The number of hydrogen-bond donors (Lipinski definition) is 1. The standard InChI is InChI=1S/C16H24ClNO2/c1-4-13(5-2)15(17)11-18-16(19)10-12-7-6-8-14(9-12)20-3/h6-9,13,15H,4-5,10-11H2,1-3H3,(H,18,19). The maximum absolute atomic E-state index is 11.9. The molecule has 0 aliphatic carbocycles. The van der Waals surface area contributed by atoms with Gasteiger partial charge in [-0.2, -0.15) is 0 Å². The smallest absolute Gasteiger partial charge is 0.224 e. The minimum absolute atomic E-state index is 0.000686. The fourth-order valence-corrected chi connectivity index (χ4v) is 2.64. The summed E-state index contributed by atoms with van der Waals surface area (Å²) in [6, 6.07) is 7.54. The van der Waals surface area contributed by atoms with E-state index < -0.39 is 0 Å². The highest BCUT2D eigenvalue weighted by atomic mass is 35.5. The Kier molecular flexibility index (Phi) is 7.45. The Balaban J connectivity index is 2.43. The topological polar surface area (TPSA) is 38.3 Å². The van der Waals surface area contributed by atoms with Gasteiger partial charge >= 0.3 is 0 Å². The molecule has 0 spiro atoms. The first-order valence-corrected chi connectivity index (χ1v) is 7.58. The lowest BCUT2D eigenvalue weighted by molar-refractivity contribution is -0.120. The van der Waals surface area contributed by atoms with Gasteiger partial charge in [0.1, 0.15) is 5.75 Å². The molecule has 0 aliphatic heterocycles. The predicted molar refractivity (Wildman–Crippen MR) is 83.4 cm³/mol. The zero-order valence-electron chi connectivity index (χ0n) is 12.5. The van der Waals surface area contributed by atoms with Crippen LogP contribution in [0.1, 0.15) is 32.3 Å². The van der Waals surface area contributed by atoms with Crippen molar-refractivity contribution in [2.45, 2.75) is 38.5 Å². The molecule has 1 atom stereocenters. The number of rotatable bonds is 8. The van der Waals surface area contributed by atoms with E-state index in [0.29, 0.717) is 18.9 Å². The maximum Gasteiger partial charge on any atom is 0.224 e. The number of carbonyl (C=O) groups excluding carboxylic acids is 1. The largest absolute Gasteiger partial charge is 0.497 e. The molecule has 4 heteroatoms. The third-order valence-electron chi connectivity index (χ3n) is 3.55. The molecular weight excluding hydrogens is 274 g/mol. The van der Waals surface area contributed by atoms with Crippen molar-refractivity contribution in [1.29, 1.82) is 0 Å². The molecule has 0 bridgehead atoms. The van der Waals surface area contributed by atoms with E-state index in [1.165, 1.54) is 0 Å². The van der Waals surface area contributed by atoms with E-state index in [2.05, 4.69) is 19.2 Å². The van der Waals surface area contributed by atoms with Gasteiger partial charge in [0.2, 0.25) is 5.91 Å². The first kappa shape index (κ1) is 16.8. The summed E-state index contributed by atoms with van der Waals surface area (Å²) in [4.78, 5) is 11.9. The van der Waals surface area contributed by atoms with Gasteiger partial charge in [0.15, 0.2) is 0 Å². The maximum atomic E-state index is 11.9. The van der Waals surface area contributed by atoms with E-state index in [4.69, 9.17) is 16.3 Å². The summed E-state index contributed by atoms with van der Waals surface area (Å²) < 4.78 is 5.14. The van der Waals surface area contributed by atoms with Crippen LogP contribution in [0.3, 0.4) is 0 Å². The number of ether oxygens (including phenoxy) is 1. The summed E-state index contributed by atoms with van der Waals surface area (Å²) in [5.41, 5.74) is 0.940. The number of carbonyl (C=O) groups is 1. The van der Waals surface area contributed by atoms with Crippen LogP contribution in [0.4, 0.5) is 0 Å². The van der Waals surface area contributed by atoms with Crippen molar-refractivity contribution in [3.63, 3.8) is 0 Å². The molecule has 3 nitrogen and oxygen atoms in total. The van der Waals surface area contributed by atoms with Gasteiger partial charge in [0, 0.05) is 6.54 Å². The van der Waals surface area contributed by atoms with Crippen LogP contribution in [-0.4, -0.2) is 24.9 Å². The molecule has 0 saturated carbocycles. The molecule has 0 aliphatic rings. The summed E-state index contributed by atoms with van der Waals surface area (Å²) in [7, 11) is 1.62. The highest BCUT2D eigenvalue weighted by Crippen LogP contribution is 2.18. The second kappa shape index (κ2) is 8.85. The summed E-state index contributed by atoms with van der Waals surface area (Å²) in [5, 5.41) is 2.91. The fraction of sp³-hybridized carbons (Fsp3) is 0.562. The lowest BCUT2D eigenvalue weighted by atomic mass is 9.99. The number of halogens is 1. The number of benzene rings is 1. The van der Waals surface area contributed by atoms with Crippen molar-refractivity contribution in [1.82, 2.24) is 5.32 Å². The Hall–Kier alpha value is -1.22. The van der Waals surface area contributed by atoms with Crippen molar-refractivity contribution < 1.29 is 9.53 Å². The quantitative estimate of drug-likeness (QED) is 0.747. The van der Waals surface area contributed by atoms with Gasteiger partial charge in [-0.3, -0.25) is 4.79 Å². The van der Waals surface area contributed by atoms with Crippen LogP contribution in [0, 0.1) is 5.92 Å². The average Bonchev–Trinajstić information content (AvgIpc) is 2.46. The van der Waals surface area contributed by atoms with E-state index in [-0.39, 0.29) is 11.3 Å². The number of amides is 1. The van der Waals surface area contributed by atoms with E-state index in [0.717, 1.165) is 24.2 Å². The molecule has 0 saturated heterocycles. The van der Waals surface area contributed by atoms with Gasteiger partial charge in [0.05, 0.1) is 18.9 Å². The highest BCUT2D eigenvalue weighted by molar-refractivity contribution is 6.21. The molecule has 1 N–H and O–H groups in total. The first-order chi connectivity index (χ1) is 9.60. The molecule has 1 rings (SSSR count). The molecule has 0 fully saturated rings. The van der Waals surface area contributed by atoms with Gasteiger partial charge in [-0.25, -0.2) is 0 Å². The van der Waals surface area contributed by atoms with E-state index in [1.807, 2.05) is 24.3 Å². The van der Waals surface area contributed by atoms with Crippen LogP contribution in [0.25, 0.3) is 0 Å². The summed E-state index contributed by atoms with van der Waals surface area (Å²) >= 11 is 6.31. The van der Waals surface area contributed by atoms with Crippen molar-refractivity contribution >= 4 is 17.5 Å². The molecule has 1 amide bonds. The number of methoxy groups -OCH3 is 1. The van der Waals surface area contributed by atoms with Gasteiger partial charge in [-0.05, 0) is 23.6 Å². The Morgan fingerprint density at radius 2 is 2.05 bits per heavy atom. The molecule has 1 aromatic rings. The second-order valence-corrected chi connectivity index (χ2v) is 5.49. The van der Waals surface area contributed by atoms with Crippen LogP contribution in [0.15, 0.2) is 24.3 Å². The molecule has 1 aromatic carbocycles. The zero-order chi connectivity index (χ0) is 15.0. The van der Waals surface area contributed by atoms with Crippen molar-refractivity contribution in [2.24, 2.45) is 5.92 Å². The van der Waals surface area contributed by atoms with Crippen molar-refractivity contribution in [2.75, 3.05) is 13.7 Å². The van der Waals surface area contributed by atoms with Crippen LogP contribution >= 0.6 is 11.6 Å². The number of hydrogen-bond acceptors (Lipinski definition) is 2. The summed E-state index contributed by atoms with van der Waals surface area (Å²) in [6.45, 7) is 4.78. The third kappa shape index (κ3) is 5.41. The van der Waals surface area contributed by atoms with Gasteiger partial charge < -0.3 is 10.1 Å². The second-order valence-electron chi connectivity index (χ2n) is 4.92. The normalized spacial score (nSPS) is 12.2. The molecule has 1 unspecified atom stereocenters. The van der Waals surface area contributed by atoms with Gasteiger partial charge in [0.25, 0.3) is 0 Å². The van der Waals surface area contributed by atoms with E-state index >= 15 is 0 Å². The SMILES string of the molecule is CCC(CC)C(Cl)CNC(=O)Cc1cccc(OC)c1. The molecule has 20 heavy (non-hydrogen) atoms. The Morgan fingerprint density at radius 1 is 1.35 bits per heavy atom. The summed E-state index contributed by atoms with van der Waals surface area (Å²) in [5.74, 6) is 1.21. The molecule has 0 aromatic heterocycles. The monoisotopic (exact) mass is 297 g/mol. The Bertz CT molecular complexity index is 419. The van der Waals surface area contributed by atoms with Crippen LogP contribution in [0.2, 0.25) is 0 Å². The average molecular weight is 298 g/mol. The number of nitrogens with one attached hydrogen (secondary N) is 1. The lowest BCUT2D eigenvalue weighted by Crippen LogP contribution is -2.34. The molecular formula is C16H24ClNO2. The zero-order valence-corrected chi connectivity index (χ0v) is 13.2. The fourth-order valence-electron chi connectivity index (χ4n) is 2.21. The molecule has 112 valence electrons. The van der Waals surface area contributed by atoms with Crippen molar-refractivity contribution in [3.8, 4) is 5.75 Å². The Morgan fingerprint density at radius 3 is 2.65 bits per heavy atom. The van der Waals surface area contributed by atoms with E-state index in [1.54, 1.807) is 7.11 Å². The third-order valence-corrected chi connectivity index (χ3v) is 4.06.